The minimum Gasteiger partial charge on any atom is -0.478 e. The maximum Gasteiger partial charge on any atom is 0.336 e. The number of nitrogens with zero attached hydrogens (tertiary/aromatic N) is 1. The SMILES string of the molecule is O=C(O)/C(=C\c1ccc(Cl)c([N+](=O)[O-])c1)c1ccc(Cl)cc1. The van der Waals surface area contributed by atoms with Crippen LogP contribution in [0.4, 0.5) is 5.69 Å². The van der Waals surface area contributed by atoms with E-state index >= 15 is 0 Å². The summed E-state index contributed by atoms with van der Waals surface area (Å²) in [6, 6.07) is 10.3. The molecule has 112 valence electrons. The molecule has 22 heavy (non-hydrogen) atoms. The molecular formula is C15H9Cl2NO4. The molecule has 0 aliphatic carbocycles. The van der Waals surface area contributed by atoms with Gasteiger partial charge in [0.05, 0.1) is 10.5 Å². The number of carbonyl (C=O) groups is 1. The van der Waals surface area contributed by atoms with Crippen LogP contribution in [0.15, 0.2) is 42.5 Å². The molecule has 0 spiro atoms. The van der Waals surface area contributed by atoms with Crippen molar-refractivity contribution in [2.24, 2.45) is 0 Å². The Morgan fingerprint density at radius 1 is 1.14 bits per heavy atom. The molecule has 5 nitrogen and oxygen atoms in total. The van der Waals surface area contributed by atoms with E-state index in [0.717, 1.165) is 0 Å². The van der Waals surface area contributed by atoms with E-state index in [2.05, 4.69) is 0 Å². The van der Waals surface area contributed by atoms with Crippen LogP contribution in [0.25, 0.3) is 11.6 Å². The highest BCUT2D eigenvalue weighted by Gasteiger charge is 2.14. The van der Waals surface area contributed by atoms with Crippen molar-refractivity contribution < 1.29 is 14.8 Å². The van der Waals surface area contributed by atoms with E-state index in [0.29, 0.717) is 16.1 Å². The van der Waals surface area contributed by atoms with Gasteiger partial charge < -0.3 is 5.11 Å². The van der Waals surface area contributed by atoms with Gasteiger partial charge in [-0.2, -0.15) is 0 Å². The van der Waals surface area contributed by atoms with Crippen molar-refractivity contribution in [2.75, 3.05) is 0 Å². The molecule has 0 aliphatic rings. The summed E-state index contributed by atoms with van der Waals surface area (Å²) >= 11 is 11.5. The van der Waals surface area contributed by atoms with Gasteiger partial charge in [0, 0.05) is 11.1 Å². The van der Waals surface area contributed by atoms with Gasteiger partial charge in [-0.15, -0.1) is 0 Å². The Bertz CT molecular complexity index is 770. The third kappa shape index (κ3) is 3.63. The molecule has 0 heterocycles. The Hall–Kier alpha value is -2.37. The van der Waals surface area contributed by atoms with Crippen LogP contribution in [0.1, 0.15) is 11.1 Å². The van der Waals surface area contributed by atoms with Crippen LogP contribution in [0.3, 0.4) is 0 Å². The smallest absolute Gasteiger partial charge is 0.336 e. The summed E-state index contributed by atoms with van der Waals surface area (Å²) in [6.07, 6.45) is 1.34. The molecule has 0 saturated heterocycles. The number of rotatable bonds is 4. The zero-order valence-electron chi connectivity index (χ0n) is 11.0. The van der Waals surface area contributed by atoms with E-state index in [4.69, 9.17) is 23.2 Å². The second kappa shape index (κ2) is 6.60. The van der Waals surface area contributed by atoms with Crippen molar-refractivity contribution in [1.29, 1.82) is 0 Å². The Kier molecular flexibility index (Phi) is 4.80. The minimum absolute atomic E-state index is 0.00622. The average molecular weight is 338 g/mol. The lowest BCUT2D eigenvalue weighted by molar-refractivity contribution is -0.384. The predicted octanol–water partition coefficient (Wildman–Crippen LogP) is 4.53. The van der Waals surface area contributed by atoms with Gasteiger partial charge in [-0.25, -0.2) is 4.79 Å². The maximum atomic E-state index is 11.4. The first kappa shape index (κ1) is 16.0. The number of nitro groups is 1. The number of benzene rings is 2. The first-order valence-corrected chi connectivity index (χ1v) is 6.79. The first-order chi connectivity index (χ1) is 10.4. The number of aliphatic carboxylic acids is 1. The van der Waals surface area contributed by atoms with Crippen LogP contribution >= 0.6 is 23.2 Å². The fraction of sp³-hybridized carbons (Fsp3) is 0. The number of carboxylic acid groups (broad SMARTS) is 1. The Morgan fingerprint density at radius 2 is 1.77 bits per heavy atom. The molecule has 0 atom stereocenters. The van der Waals surface area contributed by atoms with E-state index in [9.17, 15) is 20.0 Å². The topological polar surface area (TPSA) is 80.4 Å². The van der Waals surface area contributed by atoms with Gasteiger partial charge in [-0.1, -0.05) is 41.4 Å². The Morgan fingerprint density at radius 3 is 2.32 bits per heavy atom. The molecule has 0 saturated carbocycles. The van der Waals surface area contributed by atoms with E-state index < -0.39 is 10.9 Å². The molecule has 2 aromatic carbocycles. The quantitative estimate of drug-likeness (QED) is 0.384. The molecule has 0 unspecified atom stereocenters. The summed E-state index contributed by atoms with van der Waals surface area (Å²) in [5.74, 6) is -1.15. The molecule has 0 amide bonds. The first-order valence-electron chi connectivity index (χ1n) is 6.03. The van der Waals surface area contributed by atoms with Gasteiger partial charge >= 0.3 is 5.97 Å². The summed E-state index contributed by atoms with van der Waals surface area (Å²) in [4.78, 5) is 21.7. The zero-order chi connectivity index (χ0) is 16.3. The summed E-state index contributed by atoms with van der Waals surface area (Å²) in [5, 5.41) is 20.7. The van der Waals surface area contributed by atoms with Gasteiger partial charge in [-0.3, -0.25) is 10.1 Å². The lowest BCUT2D eigenvalue weighted by Crippen LogP contribution is -1.99. The monoisotopic (exact) mass is 337 g/mol. The molecule has 1 N–H and O–H groups in total. The Balaban J connectivity index is 2.51. The highest BCUT2D eigenvalue weighted by Crippen LogP contribution is 2.27. The number of nitro benzene ring substituents is 1. The van der Waals surface area contributed by atoms with E-state index in [1.165, 1.54) is 24.3 Å². The normalized spacial score (nSPS) is 11.3. The molecule has 0 bridgehead atoms. The third-order valence-electron chi connectivity index (χ3n) is 2.86. The largest absolute Gasteiger partial charge is 0.478 e. The Labute approximate surface area is 135 Å². The van der Waals surface area contributed by atoms with Crippen molar-refractivity contribution in [3.8, 4) is 0 Å². The zero-order valence-corrected chi connectivity index (χ0v) is 12.5. The van der Waals surface area contributed by atoms with Crippen molar-refractivity contribution in [2.45, 2.75) is 0 Å². The van der Waals surface area contributed by atoms with Crippen LogP contribution in [0.5, 0.6) is 0 Å². The standard InChI is InChI=1S/C15H9Cl2NO4/c16-11-4-2-10(3-5-11)12(15(19)20)7-9-1-6-13(17)14(8-9)18(21)22/h1-8H,(H,19,20)/b12-7-. The molecular weight excluding hydrogens is 329 g/mol. The molecule has 7 heteroatoms. The molecule has 2 rings (SSSR count). The fourth-order valence-corrected chi connectivity index (χ4v) is 2.14. The lowest BCUT2D eigenvalue weighted by atomic mass is 10.0. The van der Waals surface area contributed by atoms with Crippen molar-refractivity contribution in [3.63, 3.8) is 0 Å². The predicted molar refractivity (Wildman–Crippen MR) is 85.1 cm³/mol. The molecule has 0 radical (unpaired) electrons. The van der Waals surface area contributed by atoms with Gasteiger partial charge in [0.15, 0.2) is 0 Å². The lowest BCUT2D eigenvalue weighted by Gasteiger charge is -2.04. The van der Waals surface area contributed by atoms with E-state index in [-0.39, 0.29) is 16.3 Å². The second-order valence-corrected chi connectivity index (χ2v) is 5.18. The van der Waals surface area contributed by atoms with Gasteiger partial charge in [0.25, 0.3) is 5.69 Å². The van der Waals surface area contributed by atoms with E-state index in [1.54, 1.807) is 24.3 Å². The van der Waals surface area contributed by atoms with Gasteiger partial charge in [-0.05, 0) is 35.4 Å². The average Bonchev–Trinajstić information content (AvgIpc) is 2.47. The molecule has 0 aromatic heterocycles. The third-order valence-corrected chi connectivity index (χ3v) is 3.44. The summed E-state index contributed by atoms with van der Waals surface area (Å²) < 4.78 is 0. The summed E-state index contributed by atoms with van der Waals surface area (Å²) in [7, 11) is 0. The number of carboxylic acids is 1. The minimum atomic E-state index is -1.15. The van der Waals surface area contributed by atoms with Crippen LogP contribution in [-0.4, -0.2) is 16.0 Å². The van der Waals surface area contributed by atoms with Crippen LogP contribution in [0, 0.1) is 10.1 Å². The highest BCUT2D eigenvalue weighted by molar-refractivity contribution is 6.32. The van der Waals surface area contributed by atoms with Crippen molar-refractivity contribution in [3.05, 3.63) is 73.8 Å². The molecule has 0 fully saturated rings. The number of hydrogen-bond acceptors (Lipinski definition) is 3. The van der Waals surface area contributed by atoms with Gasteiger partial charge in [0.1, 0.15) is 5.02 Å². The fourth-order valence-electron chi connectivity index (χ4n) is 1.82. The van der Waals surface area contributed by atoms with Crippen LogP contribution in [0.2, 0.25) is 10.0 Å². The van der Waals surface area contributed by atoms with Crippen LogP contribution in [-0.2, 0) is 4.79 Å². The van der Waals surface area contributed by atoms with E-state index in [1.807, 2.05) is 0 Å². The van der Waals surface area contributed by atoms with Crippen LogP contribution < -0.4 is 0 Å². The van der Waals surface area contributed by atoms with Gasteiger partial charge in [0.2, 0.25) is 0 Å². The summed E-state index contributed by atoms with van der Waals surface area (Å²) in [5.41, 5.74) is 0.516. The highest BCUT2D eigenvalue weighted by atomic mass is 35.5. The van der Waals surface area contributed by atoms with Crippen molar-refractivity contribution >= 4 is 46.5 Å². The summed E-state index contributed by atoms with van der Waals surface area (Å²) in [6.45, 7) is 0. The van der Waals surface area contributed by atoms with Crippen molar-refractivity contribution in [1.82, 2.24) is 0 Å². The number of hydrogen-bond donors (Lipinski definition) is 1. The molecule has 0 aliphatic heterocycles. The maximum absolute atomic E-state index is 11.4. The number of halogens is 2. The second-order valence-electron chi connectivity index (χ2n) is 4.34. The molecule has 2 aromatic rings.